The van der Waals surface area contributed by atoms with Gasteiger partial charge < -0.3 is 19.3 Å². The monoisotopic (exact) mass is 212 g/mol. The van der Waals surface area contributed by atoms with Crippen LogP contribution in [-0.2, 0) is 9.47 Å². The lowest BCUT2D eigenvalue weighted by Gasteiger charge is -2.20. The van der Waals surface area contributed by atoms with Crippen molar-refractivity contribution in [1.29, 1.82) is 0 Å². The summed E-state index contributed by atoms with van der Waals surface area (Å²) in [5.74, 6) is 0.748. The number of hydrogen-bond donors (Lipinski definition) is 1. The van der Waals surface area contributed by atoms with Crippen molar-refractivity contribution in [1.82, 2.24) is 0 Å². The van der Waals surface area contributed by atoms with Gasteiger partial charge in [0.2, 0.25) is 0 Å². The summed E-state index contributed by atoms with van der Waals surface area (Å²) in [6.45, 7) is 0. The molecule has 1 N–H and O–H groups in total. The predicted octanol–water partition coefficient (Wildman–Crippen LogP) is 1.35. The van der Waals surface area contributed by atoms with E-state index in [9.17, 15) is 5.11 Å². The second-order valence-electron chi connectivity index (χ2n) is 3.06. The Labute approximate surface area is 89.4 Å². The van der Waals surface area contributed by atoms with E-state index < -0.39 is 12.4 Å². The molecule has 0 aliphatic carbocycles. The molecule has 0 aliphatic rings. The van der Waals surface area contributed by atoms with Crippen molar-refractivity contribution in [3.05, 3.63) is 29.8 Å². The molecule has 1 rings (SSSR count). The van der Waals surface area contributed by atoms with E-state index in [1.54, 1.807) is 31.4 Å². The van der Waals surface area contributed by atoms with Crippen molar-refractivity contribution in [3.8, 4) is 5.75 Å². The van der Waals surface area contributed by atoms with E-state index in [2.05, 4.69) is 0 Å². The van der Waals surface area contributed by atoms with Gasteiger partial charge in [-0.15, -0.1) is 0 Å². The Hall–Kier alpha value is -1.10. The SMILES string of the molecule is COc1ccc(C(O)C(OC)OC)cc1. The fraction of sp³-hybridized carbons (Fsp3) is 0.455. The zero-order chi connectivity index (χ0) is 11.3. The first-order valence-electron chi connectivity index (χ1n) is 4.60. The molecule has 84 valence electrons. The summed E-state index contributed by atoms with van der Waals surface area (Å²) in [4.78, 5) is 0. The average molecular weight is 212 g/mol. The van der Waals surface area contributed by atoms with Gasteiger partial charge in [-0.05, 0) is 17.7 Å². The first-order valence-corrected chi connectivity index (χ1v) is 4.60. The molecule has 1 atom stereocenters. The second-order valence-corrected chi connectivity index (χ2v) is 3.06. The Balaban J connectivity index is 2.76. The first-order chi connectivity index (χ1) is 7.22. The van der Waals surface area contributed by atoms with E-state index in [0.29, 0.717) is 0 Å². The largest absolute Gasteiger partial charge is 0.497 e. The van der Waals surface area contributed by atoms with Gasteiger partial charge in [0.1, 0.15) is 11.9 Å². The summed E-state index contributed by atoms with van der Waals surface area (Å²) in [6, 6.07) is 7.10. The number of hydrogen-bond acceptors (Lipinski definition) is 4. The predicted molar refractivity (Wildman–Crippen MR) is 55.8 cm³/mol. The van der Waals surface area contributed by atoms with Crippen molar-refractivity contribution in [3.63, 3.8) is 0 Å². The van der Waals surface area contributed by atoms with E-state index in [1.807, 2.05) is 0 Å². The van der Waals surface area contributed by atoms with Crippen molar-refractivity contribution < 1.29 is 19.3 Å². The van der Waals surface area contributed by atoms with Crippen LogP contribution in [0.5, 0.6) is 5.75 Å². The maximum Gasteiger partial charge on any atom is 0.187 e. The molecule has 0 amide bonds. The van der Waals surface area contributed by atoms with E-state index >= 15 is 0 Å². The van der Waals surface area contributed by atoms with E-state index in [-0.39, 0.29) is 0 Å². The topological polar surface area (TPSA) is 47.9 Å². The average Bonchev–Trinajstić information content (AvgIpc) is 2.30. The van der Waals surface area contributed by atoms with Gasteiger partial charge in [0, 0.05) is 14.2 Å². The maximum absolute atomic E-state index is 9.85. The molecule has 0 saturated heterocycles. The highest BCUT2D eigenvalue weighted by Crippen LogP contribution is 2.21. The lowest BCUT2D eigenvalue weighted by Crippen LogP contribution is -2.22. The molecular weight excluding hydrogens is 196 g/mol. The molecule has 1 unspecified atom stereocenters. The van der Waals surface area contributed by atoms with Crippen LogP contribution in [0.2, 0.25) is 0 Å². The molecule has 0 saturated carbocycles. The Bertz CT molecular complexity index is 279. The maximum atomic E-state index is 9.85. The van der Waals surface area contributed by atoms with Gasteiger partial charge in [-0.25, -0.2) is 0 Å². The molecule has 0 radical (unpaired) electrons. The van der Waals surface area contributed by atoms with Crippen LogP contribution < -0.4 is 4.74 Å². The molecule has 0 aliphatic heterocycles. The van der Waals surface area contributed by atoms with Crippen LogP contribution in [0.3, 0.4) is 0 Å². The molecule has 15 heavy (non-hydrogen) atoms. The Morgan fingerprint density at radius 1 is 1.00 bits per heavy atom. The highest BCUT2D eigenvalue weighted by Gasteiger charge is 2.19. The minimum Gasteiger partial charge on any atom is -0.497 e. The lowest BCUT2D eigenvalue weighted by atomic mass is 10.1. The van der Waals surface area contributed by atoms with Crippen LogP contribution in [0.1, 0.15) is 11.7 Å². The lowest BCUT2D eigenvalue weighted by molar-refractivity contribution is -0.166. The zero-order valence-electron chi connectivity index (χ0n) is 9.14. The summed E-state index contributed by atoms with van der Waals surface area (Å²) in [6.07, 6.45) is -1.45. The van der Waals surface area contributed by atoms with E-state index in [4.69, 9.17) is 14.2 Å². The fourth-order valence-electron chi connectivity index (χ4n) is 1.31. The summed E-state index contributed by atoms with van der Waals surface area (Å²) < 4.78 is 15.0. The van der Waals surface area contributed by atoms with E-state index in [1.165, 1.54) is 14.2 Å². The van der Waals surface area contributed by atoms with Crippen molar-refractivity contribution >= 4 is 0 Å². The summed E-state index contributed by atoms with van der Waals surface area (Å²) in [7, 11) is 4.57. The third-order valence-electron chi connectivity index (χ3n) is 2.18. The fourth-order valence-corrected chi connectivity index (χ4v) is 1.31. The highest BCUT2D eigenvalue weighted by atomic mass is 16.7. The number of ether oxygens (including phenoxy) is 3. The molecular formula is C11H16O4. The molecule has 0 aromatic heterocycles. The van der Waals surface area contributed by atoms with Crippen molar-refractivity contribution in [2.24, 2.45) is 0 Å². The summed E-state index contributed by atoms with van der Waals surface area (Å²) >= 11 is 0. The van der Waals surface area contributed by atoms with Gasteiger partial charge >= 0.3 is 0 Å². The number of aliphatic hydroxyl groups is 1. The van der Waals surface area contributed by atoms with Crippen molar-refractivity contribution in [2.45, 2.75) is 12.4 Å². The number of rotatable bonds is 5. The van der Waals surface area contributed by atoms with Crippen LogP contribution in [-0.4, -0.2) is 32.7 Å². The van der Waals surface area contributed by atoms with E-state index in [0.717, 1.165) is 11.3 Å². The van der Waals surface area contributed by atoms with Crippen LogP contribution in [0.15, 0.2) is 24.3 Å². The minimum atomic E-state index is -0.800. The molecule has 0 fully saturated rings. The standard InChI is InChI=1S/C11H16O4/c1-13-9-6-4-8(5-7-9)10(12)11(14-2)15-3/h4-7,10-12H,1-3H3. The van der Waals surface area contributed by atoms with Crippen LogP contribution in [0.25, 0.3) is 0 Å². The number of aliphatic hydroxyl groups excluding tert-OH is 1. The highest BCUT2D eigenvalue weighted by molar-refractivity contribution is 5.28. The number of benzene rings is 1. The van der Waals surface area contributed by atoms with Crippen LogP contribution in [0, 0.1) is 0 Å². The molecule has 0 spiro atoms. The van der Waals surface area contributed by atoms with Gasteiger partial charge in [0.05, 0.1) is 7.11 Å². The second kappa shape index (κ2) is 5.70. The molecule has 0 heterocycles. The Morgan fingerprint density at radius 2 is 1.53 bits per heavy atom. The number of methoxy groups -OCH3 is 3. The molecule has 4 nitrogen and oxygen atoms in total. The summed E-state index contributed by atoms with van der Waals surface area (Å²) in [5, 5.41) is 9.85. The van der Waals surface area contributed by atoms with Gasteiger partial charge in [0.15, 0.2) is 6.29 Å². The Kier molecular flexibility index (Phi) is 4.55. The zero-order valence-corrected chi connectivity index (χ0v) is 9.14. The minimum absolute atomic E-state index is 0.654. The summed E-state index contributed by atoms with van der Waals surface area (Å²) in [5.41, 5.74) is 0.726. The van der Waals surface area contributed by atoms with Gasteiger partial charge in [-0.2, -0.15) is 0 Å². The van der Waals surface area contributed by atoms with Gasteiger partial charge in [0.25, 0.3) is 0 Å². The normalized spacial score (nSPS) is 12.9. The van der Waals surface area contributed by atoms with Crippen molar-refractivity contribution in [2.75, 3.05) is 21.3 Å². The molecule has 0 bridgehead atoms. The van der Waals surface area contributed by atoms with Crippen LogP contribution in [0.4, 0.5) is 0 Å². The first kappa shape index (κ1) is 12.0. The van der Waals surface area contributed by atoms with Crippen LogP contribution >= 0.6 is 0 Å². The molecule has 1 aromatic carbocycles. The molecule has 1 aromatic rings. The third-order valence-corrected chi connectivity index (χ3v) is 2.18. The smallest absolute Gasteiger partial charge is 0.187 e. The third kappa shape index (κ3) is 2.92. The Morgan fingerprint density at radius 3 is 1.93 bits per heavy atom. The van der Waals surface area contributed by atoms with Gasteiger partial charge in [-0.3, -0.25) is 0 Å². The molecule has 4 heteroatoms. The van der Waals surface area contributed by atoms with Gasteiger partial charge in [-0.1, -0.05) is 12.1 Å². The quantitative estimate of drug-likeness (QED) is 0.748.